The van der Waals surface area contributed by atoms with E-state index in [-0.39, 0.29) is 5.41 Å². The molecule has 0 saturated heterocycles. The molecule has 4 rings (SSSR count). The van der Waals surface area contributed by atoms with Crippen molar-refractivity contribution in [3.05, 3.63) is 91.3 Å². The van der Waals surface area contributed by atoms with E-state index in [1.165, 1.54) is 5.56 Å². The Kier molecular flexibility index (Phi) is 3.58. The van der Waals surface area contributed by atoms with Crippen LogP contribution in [0.15, 0.2) is 64.2 Å². The predicted octanol–water partition coefficient (Wildman–Crippen LogP) is 3.43. The Bertz CT molecular complexity index is 1230. The summed E-state index contributed by atoms with van der Waals surface area (Å²) < 4.78 is 0. The van der Waals surface area contributed by atoms with Crippen LogP contribution in [0, 0.1) is 10.4 Å². The number of aromatic nitrogens is 2. The lowest BCUT2D eigenvalue weighted by atomic mass is 9.86. The van der Waals surface area contributed by atoms with Crippen LogP contribution in [0.4, 0.5) is 0 Å². The Hall–Kier alpha value is -3.14. The van der Waals surface area contributed by atoms with Crippen LogP contribution in [0.3, 0.4) is 0 Å². The zero-order valence-corrected chi connectivity index (χ0v) is 14.9. The highest BCUT2D eigenvalue weighted by molar-refractivity contribution is 5.66. The predicted molar refractivity (Wildman–Crippen MR) is 102 cm³/mol. The fourth-order valence-corrected chi connectivity index (χ4v) is 3.22. The molecule has 0 amide bonds. The van der Waals surface area contributed by atoms with E-state index in [4.69, 9.17) is 0 Å². The Morgan fingerprint density at radius 2 is 1.12 bits per heavy atom. The van der Waals surface area contributed by atoms with E-state index >= 15 is 0 Å². The molecule has 4 nitrogen and oxygen atoms in total. The van der Waals surface area contributed by atoms with Crippen LogP contribution >= 0.6 is 0 Å². The van der Waals surface area contributed by atoms with Gasteiger partial charge in [-0.05, 0) is 11.0 Å². The molecule has 2 aromatic rings. The highest BCUT2D eigenvalue weighted by Crippen LogP contribution is 2.26. The Balaban J connectivity index is 1.95. The summed E-state index contributed by atoms with van der Waals surface area (Å²) in [7, 11) is 0. The summed E-state index contributed by atoms with van der Waals surface area (Å²) in [5.41, 5.74) is 2.76. The molecule has 0 fully saturated rings. The molecule has 2 aliphatic rings. The summed E-state index contributed by atoms with van der Waals surface area (Å²) in [6, 6.07) is 17.1. The van der Waals surface area contributed by atoms with Crippen LogP contribution in [0.2, 0.25) is 0 Å². The van der Waals surface area contributed by atoms with E-state index in [0.29, 0.717) is 21.8 Å². The zero-order chi connectivity index (χ0) is 18.5. The molecule has 128 valence electrons. The first kappa shape index (κ1) is 16.3. The molecule has 0 N–H and O–H groups in total. The number of benzene rings is 2. The van der Waals surface area contributed by atoms with Crippen LogP contribution in [0.25, 0.3) is 22.5 Å². The summed E-state index contributed by atoms with van der Waals surface area (Å²) in [5.74, 6) is 0. The molecule has 0 aliphatic carbocycles. The monoisotopic (exact) mass is 342 g/mol. The molecule has 0 bridgehead atoms. The van der Waals surface area contributed by atoms with Crippen molar-refractivity contribution < 1.29 is 0 Å². The number of nitrogens with zero attached hydrogens (tertiary/aromatic N) is 2. The van der Waals surface area contributed by atoms with Crippen molar-refractivity contribution in [3.8, 4) is 22.5 Å². The average molecular weight is 342 g/mol. The molecule has 4 heteroatoms. The number of hydrogen-bond donors (Lipinski definition) is 0. The lowest BCUT2D eigenvalue weighted by Crippen LogP contribution is -2.10. The molecule has 0 radical (unpaired) electrons. The van der Waals surface area contributed by atoms with Crippen molar-refractivity contribution in [1.29, 1.82) is 0 Å². The van der Waals surface area contributed by atoms with Crippen molar-refractivity contribution in [2.75, 3.05) is 0 Å². The van der Waals surface area contributed by atoms with E-state index in [9.17, 15) is 9.59 Å². The van der Waals surface area contributed by atoms with E-state index in [2.05, 4.69) is 30.7 Å². The van der Waals surface area contributed by atoms with Crippen LogP contribution in [0.5, 0.6) is 0 Å². The van der Waals surface area contributed by atoms with Crippen molar-refractivity contribution in [1.82, 2.24) is 9.97 Å². The molecule has 0 saturated carbocycles. The molecule has 0 unspecified atom stereocenters. The minimum atomic E-state index is -0.400. The average Bonchev–Trinajstić information content (AvgIpc) is 3.14. The summed E-state index contributed by atoms with van der Waals surface area (Å²) in [6.07, 6.45) is 0. The fourth-order valence-electron chi connectivity index (χ4n) is 3.22. The summed E-state index contributed by atoms with van der Waals surface area (Å²) in [4.78, 5) is 33.3. The maximum absolute atomic E-state index is 12.5. The Morgan fingerprint density at radius 1 is 0.654 bits per heavy atom. The second kappa shape index (κ2) is 5.70. The van der Waals surface area contributed by atoms with E-state index in [1.54, 1.807) is 0 Å². The van der Waals surface area contributed by atoms with Gasteiger partial charge in [0, 0.05) is 11.1 Å². The second-order valence-corrected chi connectivity index (χ2v) is 7.47. The minimum absolute atomic E-state index is 0.0308. The maximum atomic E-state index is 12.5. The third-order valence-corrected chi connectivity index (χ3v) is 4.65. The maximum Gasteiger partial charge on any atom is 0.280 e. The van der Waals surface area contributed by atoms with Crippen LogP contribution in [-0.4, -0.2) is 9.97 Å². The van der Waals surface area contributed by atoms with Crippen molar-refractivity contribution in [2.45, 2.75) is 26.2 Å². The quantitative estimate of drug-likeness (QED) is 0.560. The van der Waals surface area contributed by atoms with Crippen LogP contribution in [-0.2, 0) is 5.41 Å². The number of rotatable bonds is 2. The first-order valence-electron chi connectivity index (χ1n) is 8.53. The van der Waals surface area contributed by atoms with Gasteiger partial charge in [-0.3, -0.25) is 9.59 Å². The Labute approximate surface area is 150 Å². The summed E-state index contributed by atoms with van der Waals surface area (Å²) in [5, 5.41) is 0.633. The molecular formula is C22H18N2O2. The summed E-state index contributed by atoms with van der Waals surface area (Å²) in [6.45, 7) is 6.42. The van der Waals surface area contributed by atoms with E-state index < -0.39 is 11.1 Å². The lowest BCUT2D eigenvalue weighted by Gasteiger charge is -2.18. The molecule has 0 spiro atoms. The van der Waals surface area contributed by atoms with E-state index in [1.807, 2.05) is 54.6 Å². The first-order valence-corrected chi connectivity index (χ1v) is 8.53. The fraction of sp³-hybridized carbons (Fsp3) is 0.182. The van der Waals surface area contributed by atoms with Gasteiger partial charge in [-0.1, -0.05) is 75.4 Å². The van der Waals surface area contributed by atoms with Gasteiger partial charge in [0.25, 0.3) is 11.1 Å². The second-order valence-electron chi connectivity index (χ2n) is 7.47. The lowest BCUT2D eigenvalue weighted by molar-refractivity contribution is 0.590. The molecule has 0 aromatic heterocycles. The van der Waals surface area contributed by atoms with Crippen LogP contribution < -0.4 is 11.1 Å². The highest BCUT2D eigenvalue weighted by Gasteiger charge is 2.20. The Morgan fingerprint density at radius 3 is 1.58 bits per heavy atom. The van der Waals surface area contributed by atoms with Gasteiger partial charge in [0.2, 0.25) is 0 Å². The third-order valence-electron chi connectivity index (χ3n) is 4.65. The SMILES string of the molecule is CC(C)(C)c1ccc(-c2nc(=O)c3c(-c4ccccc4)nc(=O)c2=3)cc1. The third kappa shape index (κ3) is 2.54. The summed E-state index contributed by atoms with van der Waals surface area (Å²) >= 11 is 0. The normalized spacial score (nSPS) is 12.0. The molecular weight excluding hydrogens is 324 g/mol. The molecule has 2 heterocycles. The first-order chi connectivity index (χ1) is 12.4. The van der Waals surface area contributed by atoms with Gasteiger partial charge in [-0.25, -0.2) is 9.97 Å². The van der Waals surface area contributed by atoms with Gasteiger partial charge in [0.05, 0.1) is 21.8 Å². The molecule has 2 aromatic carbocycles. The molecule has 26 heavy (non-hydrogen) atoms. The highest BCUT2D eigenvalue weighted by atomic mass is 16.1. The van der Waals surface area contributed by atoms with Crippen molar-refractivity contribution in [2.24, 2.45) is 0 Å². The zero-order valence-electron chi connectivity index (χ0n) is 14.9. The van der Waals surface area contributed by atoms with Gasteiger partial charge in [-0.15, -0.1) is 0 Å². The van der Waals surface area contributed by atoms with Gasteiger partial charge < -0.3 is 0 Å². The van der Waals surface area contributed by atoms with E-state index in [0.717, 1.165) is 11.1 Å². The molecule has 0 atom stereocenters. The van der Waals surface area contributed by atoms with Gasteiger partial charge in [0.1, 0.15) is 0 Å². The standard InChI is InChI=1S/C22H18N2O2/c1-22(2,3)15-11-9-14(10-12-15)19-17-16(20(25)24-19)18(23-21(17)26)13-7-5-4-6-8-13/h4-12H,1-3H3. The smallest absolute Gasteiger partial charge is 0.267 e. The van der Waals surface area contributed by atoms with Crippen molar-refractivity contribution >= 4 is 0 Å². The van der Waals surface area contributed by atoms with Crippen molar-refractivity contribution in [3.63, 3.8) is 0 Å². The van der Waals surface area contributed by atoms with Gasteiger partial charge in [-0.2, -0.15) is 0 Å². The molecule has 2 aliphatic heterocycles. The van der Waals surface area contributed by atoms with Crippen LogP contribution in [0.1, 0.15) is 26.3 Å². The minimum Gasteiger partial charge on any atom is -0.267 e. The number of hydrogen-bond acceptors (Lipinski definition) is 4. The largest absolute Gasteiger partial charge is 0.280 e. The van der Waals surface area contributed by atoms with Gasteiger partial charge in [0.15, 0.2) is 0 Å². The van der Waals surface area contributed by atoms with Gasteiger partial charge >= 0.3 is 0 Å². The topological polar surface area (TPSA) is 59.9 Å².